The van der Waals surface area contributed by atoms with Crippen LogP contribution in [-0.4, -0.2) is 53.9 Å². The van der Waals surface area contributed by atoms with Crippen molar-refractivity contribution in [2.75, 3.05) is 26.2 Å². The van der Waals surface area contributed by atoms with Gasteiger partial charge in [0.2, 0.25) is 0 Å². The van der Waals surface area contributed by atoms with Crippen LogP contribution in [0.1, 0.15) is 30.0 Å². The van der Waals surface area contributed by atoms with Gasteiger partial charge in [0.25, 0.3) is 5.92 Å². The zero-order valence-corrected chi connectivity index (χ0v) is 19.4. The molecule has 1 aromatic heterocycles. The molecule has 2 aliphatic heterocycles. The maximum absolute atomic E-state index is 13.8. The fraction of sp³-hybridized carbons (Fsp3) is 0.381. The molecule has 1 saturated heterocycles. The molecular formula is C21H20Cl2F2N4O2S. The molecule has 1 aromatic carbocycles. The number of halogens is 4. The lowest BCUT2D eigenvalue weighted by Gasteiger charge is -2.29. The van der Waals surface area contributed by atoms with Gasteiger partial charge in [-0.1, -0.05) is 29.3 Å². The number of carbonyl (C=O) groups excluding carboxylic acids is 1. The van der Waals surface area contributed by atoms with Crippen LogP contribution in [0.15, 0.2) is 46.0 Å². The van der Waals surface area contributed by atoms with Gasteiger partial charge in [-0.3, -0.25) is 9.89 Å². The topological polar surface area (TPSA) is 66.8 Å². The second-order valence-corrected chi connectivity index (χ2v) is 9.18. The zero-order chi connectivity index (χ0) is 22.9. The molecule has 2 aliphatic rings. The number of amidine groups is 1. The molecule has 0 bridgehead atoms. The molecule has 1 fully saturated rings. The van der Waals surface area contributed by atoms with Gasteiger partial charge in [-0.2, -0.15) is 0 Å². The number of hydrogen-bond acceptors (Lipinski definition) is 7. The number of hydrogen-bond donors (Lipinski definition) is 1. The van der Waals surface area contributed by atoms with Gasteiger partial charge in [-0.25, -0.2) is 18.6 Å². The van der Waals surface area contributed by atoms with Crippen LogP contribution >= 0.6 is 34.5 Å². The molecule has 4 rings (SSSR count). The van der Waals surface area contributed by atoms with Crippen LogP contribution in [0.4, 0.5) is 8.78 Å². The first-order valence-corrected chi connectivity index (χ1v) is 11.6. The summed E-state index contributed by atoms with van der Waals surface area (Å²) >= 11 is 13.9. The molecule has 0 spiro atoms. The number of ether oxygens (including phenoxy) is 1. The Morgan fingerprint density at radius 3 is 2.84 bits per heavy atom. The van der Waals surface area contributed by atoms with Crippen LogP contribution in [-0.2, 0) is 9.53 Å². The highest BCUT2D eigenvalue weighted by atomic mass is 35.5. The Kier molecular flexibility index (Phi) is 6.80. The van der Waals surface area contributed by atoms with Crippen LogP contribution in [0.2, 0.25) is 10.0 Å². The number of thiazole rings is 1. The average molecular weight is 501 g/mol. The van der Waals surface area contributed by atoms with Crippen molar-refractivity contribution in [2.45, 2.75) is 25.3 Å². The quantitative estimate of drug-likeness (QED) is 0.582. The second kappa shape index (κ2) is 9.43. The maximum Gasteiger partial charge on any atom is 0.338 e. The average Bonchev–Trinajstić information content (AvgIpc) is 3.37. The van der Waals surface area contributed by atoms with Crippen LogP contribution in [0.3, 0.4) is 0 Å². The molecule has 0 radical (unpaired) electrons. The molecule has 1 atom stereocenters. The summed E-state index contributed by atoms with van der Waals surface area (Å²) in [5, 5.41) is 6.33. The van der Waals surface area contributed by atoms with E-state index in [2.05, 4.69) is 10.3 Å². The van der Waals surface area contributed by atoms with Crippen molar-refractivity contribution in [3.63, 3.8) is 0 Å². The summed E-state index contributed by atoms with van der Waals surface area (Å²) in [6.07, 6.45) is 1.41. The third-order valence-electron chi connectivity index (χ3n) is 5.14. The second-order valence-electron chi connectivity index (χ2n) is 7.44. The van der Waals surface area contributed by atoms with Gasteiger partial charge in [0.15, 0.2) is 10.8 Å². The molecular weight excluding hydrogens is 481 g/mol. The molecule has 11 heteroatoms. The predicted octanol–water partition coefficient (Wildman–Crippen LogP) is 4.70. The summed E-state index contributed by atoms with van der Waals surface area (Å²) in [5.74, 6) is -2.91. The summed E-state index contributed by atoms with van der Waals surface area (Å²) in [6.45, 7) is 1.79. The van der Waals surface area contributed by atoms with Crippen LogP contribution < -0.4 is 5.32 Å². The van der Waals surface area contributed by atoms with Crippen molar-refractivity contribution in [3.05, 3.63) is 61.7 Å². The number of aliphatic imine (C=N–C) groups is 1. The highest BCUT2D eigenvalue weighted by Crippen LogP contribution is 2.38. The van der Waals surface area contributed by atoms with Crippen molar-refractivity contribution in [1.29, 1.82) is 0 Å². The van der Waals surface area contributed by atoms with E-state index in [0.717, 1.165) is 0 Å². The molecule has 0 amide bonds. The lowest BCUT2D eigenvalue weighted by Crippen LogP contribution is -2.39. The first kappa shape index (κ1) is 23.1. The Morgan fingerprint density at radius 2 is 2.22 bits per heavy atom. The summed E-state index contributed by atoms with van der Waals surface area (Å²) in [6, 6.07) is 4.12. The number of nitrogens with one attached hydrogen (secondary N) is 1. The largest absolute Gasteiger partial charge is 0.463 e. The van der Waals surface area contributed by atoms with Crippen molar-refractivity contribution in [1.82, 2.24) is 15.2 Å². The monoisotopic (exact) mass is 500 g/mol. The van der Waals surface area contributed by atoms with Crippen LogP contribution in [0.5, 0.6) is 0 Å². The highest BCUT2D eigenvalue weighted by molar-refractivity contribution is 7.11. The van der Waals surface area contributed by atoms with Gasteiger partial charge in [0.05, 0.1) is 18.7 Å². The summed E-state index contributed by atoms with van der Waals surface area (Å²) in [7, 11) is 0. The Balaban J connectivity index is 1.81. The fourth-order valence-electron chi connectivity index (χ4n) is 3.73. The van der Waals surface area contributed by atoms with Gasteiger partial charge < -0.3 is 10.1 Å². The molecule has 1 N–H and O–H groups in total. The Morgan fingerprint density at radius 1 is 1.41 bits per heavy atom. The highest BCUT2D eigenvalue weighted by Gasteiger charge is 2.40. The molecule has 6 nitrogen and oxygen atoms in total. The third kappa shape index (κ3) is 4.96. The first-order chi connectivity index (χ1) is 15.3. The molecule has 0 saturated carbocycles. The van der Waals surface area contributed by atoms with Gasteiger partial charge in [0, 0.05) is 52.4 Å². The SMILES string of the molecule is CCOC(=O)C1=C(CN2CCC(F)(F)C2)NC(c2nccs2)=N[C@H]1c1ccc(Cl)cc1Cl. The molecule has 2 aromatic rings. The first-order valence-electron chi connectivity index (χ1n) is 9.97. The minimum atomic E-state index is -2.76. The lowest BCUT2D eigenvalue weighted by molar-refractivity contribution is -0.139. The van der Waals surface area contributed by atoms with E-state index in [1.165, 1.54) is 11.3 Å². The van der Waals surface area contributed by atoms with Crippen LogP contribution in [0.25, 0.3) is 0 Å². The Labute approximate surface area is 197 Å². The van der Waals surface area contributed by atoms with Gasteiger partial charge in [-0.05, 0) is 19.1 Å². The minimum Gasteiger partial charge on any atom is -0.463 e. The number of alkyl halides is 2. The van der Waals surface area contributed by atoms with Crippen molar-refractivity contribution >= 4 is 46.3 Å². The number of carbonyl (C=O) groups is 1. The summed E-state index contributed by atoms with van der Waals surface area (Å²) < 4.78 is 33.0. The van der Waals surface area contributed by atoms with Crippen LogP contribution in [0, 0.1) is 0 Å². The van der Waals surface area contributed by atoms with E-state index in [4.69, 9.17) is 32.9 Å². The van der Waals surface area contributed by atoms with Gasteiger partial charge in [0.1, 0.15) is 6.04 Å². The predicted molar refractivity (Wildman–Crippen MR) is 121 cm³/mol. The van der Waals surface area contributed by atoms with Gasteiger partial charge in [-0.15, -0.1) is 11.3 Å². The number of nitrogens with zero attached hydrogens (tertiary/aromatic N) is 3. The number of benzene rings is 1. The molecule has 170 valence electrons. The van der Waals surface area contributed by atoms with E-state index in [9.17, 15) is 13.6 Å². The fourth-order valence-corrected chi connectivity index (χ4v) is 4.83. The number of esters is 1. The minimum absolute atomic E-state index is 0.107. The molecule has 32 heavy (non-hydrogen) atoms. The number of aromatic nitrogens is 1. The normalized spacial score (nSPS) is 20.8. The zero-order valence-electron chi connectivity index (χ0n) is 17.1. The van der Waals surface area contributed by atoms with Crippen molar-refractivity contribution in [3.8, 4) is 0 Å². The lowest BCUT2D eigenvalue weighted by atomic mass is 9.95. The van der Waals surface area contributed by atoms with Crippen molar-refractivity contribution in [2.24, 2.45) is 4.99 Å². The number of likely N-dealkylation sites (tertiary alicyclic amines) is 1. The Bertz CT molecular complexity index is 1080. The molecule has 0 unspecified atom stereocenters. The van der Waals surface area contributed by atoms with Gasteiger partial charge >= 0.3 is 5.97 Å². The Hall–Kier alpha value is -2.07. The third-order valence-corrected chi connectivity index (χ3v) is 6.49. The van der Waals surface area contributed by atoms with E-state index in [1.54, 1.807) is 41.6 Å². The maximum atomic E-state index is 13.8. The van der Waals surface area contributed by atoms with Crippen molar-refractivity contribution < 1.29 is 18.3 Å². The van der Waals surface area contributed by atoms with E-state index in [0.29, 0.717) is 32.1 Å². The van der Waals surface area contributed by atoms with E-state index in [1.807, 2.05) is 0 Å². The smallest absolute Gasteiger partial charge is 0.338 e. The van der Waals surface area contributed by atoms with E-state index >= 15 is 0 Å². The molecule has 3 heterocycles. The summed E-state index contributed by atoms with van der Waals surface area (Å²) in [4.78, 5) is 23.7. The summed E-state index contributed by atoms with van der Waals surface area (Å²) in [5.41, 5.74) is 1.22. The van der Waals surface area contributed by atoms with E-state index < -0.39 is 17.9 Å². The standard InChI is InChI=1S/C21H20Cl2F2N4O2S/c1-2-31-20(30)16-15(10-29-7-5-21(24,25)11-29)27-18(19-26-6-8-32-19)28-17(16)13-4-3-12(22)9-14(13)23/h3-4,6,8-9,17H,2,5,7,10-11H2,1H3,(H,27,28)/t17-/m0/s1. The molecule has 0 aliphatic carbocycles. The van der Waals surface area contributed by atoms with E-state index in [-0.39, 0.29) is 38.2 Å². The number of rotatable bonds is 6.